The van der Waals surface area contributed by atoms with Crippen molar-refractivity contribution in [2.75, 3.05) is 59.6 Å². The predicted octanol–water partition coefficient (Wildman–Crippen LogP) is 5.76. The average Bonchev–Trinajstić information content (AvgIpc) is 3.07. The highest BCUT2D eigenvalue weighted by atomic mass is 16.6. The van der Waals surface area contributed by atoms with E-state index in [2.05, 4.69) is 0 Å². The molecule has 0 N–H and O–H groups in total. The summed E-state index contributed by atoms with van der Waals surface area (Å²) in [5.74, 6) is -2.00. The van der Waals surface area contributed by atoms with Crippen LogP contribution in [-0.4, -0.2) is 121 Å². The molecule has 1 aromatic heterocycles. The molecule has 2 aromatic carbocycles. The first-order valence-corrected chi connectivity index (χ1v) is 20.0. The van der Waals surface area contributed by atoms with Crippen LogP contribution in [0, 0.1) is 0 Å². The van der Waals surface area contributed by atoms with Crippen molar-refractivity contribution in [1.29, 1.82) is 0 Å². The number of hydrogen-bond acceptors (Lipinski definition) is 16. The number of carbonyl (C=O) groups excluding carboxylic acids is 5. The van der Waals surface area contributed by atoms with Gasteiger partial charge in [0, 0.05) is 30.1 Å². The van der Waals surface area contributed by atoms with Crippen molar-refractivity contribution in [2.45, 2.75) is 105 Å². The third-order valence-electron chi connectivity index (χ3n) is 7.82. The lowest BCUT2D eigenvalue weighted by Gasteiger charge is -2.27. The molecule has 3 rings (SSSR count). The summed E-state index contributed by atoms with van der Waals surface area (Å²) in [5.41, 5.74) is -3.84. The van der Waals surface area contributed by atoms with Crippen molar-refractivity contribution in [2.24, 2.45) is 0 Å². The normalized spacial score (nSPS) is 12.2. The van der Waals surface area contributed by atoms with Gasteiger partial charge in [0.1, 0.15) is 52.5 Å². The van der Waals surface area contributed by atoms with Crippen LogP contribution in [0.2, 0.25) is 0 Å². The Labute approximate surface area is 357 Å². The number of benzene rings is 2. The predicted molar refractivity (Wildman–Crippen MR) is 226 cm³/mol. The van der Waals surface area contributed by atoms with Gasteiger partial charge < -0.3 is 37.6 Å². The second-order valence-electron chi connectivity index (χ2n) is 18.3. The first kappa shape index (κ1) is 49.9. The summed E-state index contributed by atoms with van der Waals surface area (Å²) < 4.78 is 45.2. The molecule has 1 heterocycles. The van der Waals surface area contributed by atoms with Gasteiger partial charge in [0.05, 0.1) is 33.3 Å². The fourth-order valence-corrected chi connectivity index (χ4v) is 5.63. The quantitative estimate of drug-likeness (QED) is 0.0612. The minimum atomic E-state index is -0.881. The number of methoxy groups -OCH3 is 1. The summed E-state index contributed by atoms with van der Waals surface area (Å²) in [4.78, 5) is 81.1. The van der Waals surface area contributed by atoms with E-state index < -0.39 is 57.7 Å². The number of ketones is 1. The van der Waals surface area contributed by atoms with Crippen molar-refractivity contribution in [3.05, 3.63) is 64.0 Å². The molecule has 0 bridgehead atoms. The maximum Gasteiger partial charge on any atom is 0.347 e. The van der Waals surface area contributed by atoms with Crippen molar-refractivity contribution < 1.29 is 61.5 Å². The Morgan fingerprint density at radius 2 is 0.934 bits per heavy atom. The number of hydrogen-bond donors (Lipinski definition) is 0. The van der Waals surface area contributed by atoms with Gasteiger partial charge in [-0.25, -0.2) is 4.79 Å². The Morgan fingerprint density at radius 1 is 0.557 bits per heavy atom. The zero-order chi connectivity index (χ0) is 45.9. The summed E-state index contributed by atoms with van der Waals surface area (Å²) in [6.07, 6.45) is 0. The minimum absolute atomic E-state index is 0.0504. The molecule has 0 fully saturated rings. The van der Waals surface area contributed by atoms with Gasteiger partial charge in [-0.2, -0.15) is 0 Å². The van der Waals surface area contributed by atoms with Gasteiger partial charge in [-0.05, 0) is 119 Å². The smallest absolute Gasteiger partial charge is 0.347 e. The number of nitrogens with zero attached hydrogens (tertiary/aromatic N) is 2. The van der Waals surface area contributed by atoms with Crippen LogP contribution in [0.25, 0.3) is 11.0 Å². The fourth-order valence-electron chi connectivity index (χ4n) is 5.63. The molecule has 0 atom stereocenters. The molecule has 16 heteroatoms. The van der Waals surface area contributed by atoms with Crippen molar-refractivity contribution >= 4 is 40.6 Å². The Kier molecular flexibility index (Phi) is 17.1. The van der Waals surface area contributed by atoms with Crippen molar-refractivity contribution in [3.8, 4) is 17.2 Å². The van der Waals surface area contributed by atoms with Crippen LogP contribution >= 0.6 is 0 Å². The standard InChI is InChI=1S/C45H62N2O14/c1-42(2,3)58-36(48)25-46(26-37(49)59-43(4,5)6)18-20-55-34-23-30-22-32(40(52)29-14-16-31(54-13)17-15-29)41(53)57-33(30)24-35(34)56-21-19-47(27-38(50)60-44(7,8)9)28-39(51)61-45(10,11)12/h14-17,22-24H,18-21,25-28H2,1-13H3. The van der Waals surface area contributed by atoms with Crippen LogP contribution in [0.5, 0.6) is 17.2 Å². The molecular weight excluding hydrogens is 792 g/mol. The van der Waals surface area contributed by atoms with E-state index in [4.69, 9.17) is 37.6 Å². The third kappa shape index (κ3) is 18.4. The highest BCUT2D eigenvalue weighted by Gasteiger charge is 2.26. The Hall–Kier alpha value is -5.48. The summed E-state index contributed by atoms with van der Waals surface area (Å²) >= 11 is 0. The zero-order valence-electron chi connectivity index (χ0n) is 37.8. The monoisotopic (exact) mass is 854 g/mol. The molecule has 0 radical (unpaired) electrons. The Morgan fingerprint density at radius 3 is 1.30 bits per heavy atom. The Bertz CT molecular complexity index is 2000. The highest BCUT2D eigenvalue weighted by molar-refractivity contribution is 6.10. The van der Waals surface area contributed by atoms with E-state index in [1.807, 2.05) is 0 Å². The number of ether oxygens (including phenoxy) is 7. The van der Waals surface area contributed by atoms with Gasteiger partial charge in [0.25, 0.3) is 0 Å². The summed E-state index contributed by atoms with van der Waals surface area (Å²) in [7, 11) is 1.50. The molecule has 0 unspecified atom stereocenters. The van der Waals surface area contributed by atoms with Crippen LogP contribution in [0.3, 0.4) is 0 Å². The number of fused-ring (bicyclic) bond motifs is 1. The summed E-state index contributed by atoms with van der Waals surface area (Å²) in [6.45, 7) is 19.8. The highest BCUT2D eigenvalue weighted by Crippen LogP contribution is 2.33. The van der Waals surface area contributed by atoms with Gasteiger partial charge in [-0.15, -0.1) is 0 Å². The van der Waals surface area contributed by atoms with E-state index in [9.17, 15) is 28.8 Å². The number of carbonyl (C=O) groups is 5. The summed E-state index contributed by atoms with van der Waals surface area (Å²) in [5, 5.41) is 0.328. The molecule has 0 aliphatic carbocycles. The maximum absolute atomic E-state index is 13.5. The molecule has 16 nitrogen and oxygen atoms in total. The average molecular weight is 855 g/mol. The molecule has 0 saturated heterocycles. The molecule has 0 spiro atoms. The van der Waals surface area contributed by atoms with Crippen LogP contribution in [-0.2, 0) is 38.1 Å². The lowest BCUT2D eigenvalue weighted by atomic mass is 10.0. The van der Waals surface area contributed by atoms with E-state index >= 15 is 0 Å². The van der Waals surface area contributed by atoms with Crippen LogP contribution in [0.15, 0.2) is 51.7 Å². The lowest BCUT2D eigenvalue weighted by molar-refractivity contribution is -0.162. The van der Waals surface area contributed by atoms with Gasteiger partial charge in [0.2, 0.25) is 0 Å². The number of esters is 4. The molecule has 0 saturated carbocycles. The second kappa shape index (κ2) is 20.9. The first-order chi connectivity index (χ1) is 28.1. The van der Waals surface area contributed by atoms with E-state index in [0.29, 0.717) is 11.1 Å². The summed E-state index contributed by atoms with van der Waals surface area (Å²) in [6, 6.07) is 10.6. The van der Waals surface area contributed by atoms with Gasteiger partial charge >= 0.3 is 29.5 Å². The van der Waals surface area contributed by atoms with E-state index in [1.165, 1.54) is 47.2 Å². The van der Waals surface area contributed by atoms with Crippen molar-refractivity contribution in [1.82, 2.24) is 9.80 Å². The molecule has 61 heavy (non-hydrogen) atoms. The van der Waals surface area contributed by atoms with Gasteiger partial charge in [-0.3, -0.25) is 33.8 Å². The topological polar surface area (TPSA) is 187 Å². The Balaban J connectivity index is 1.98. The molecule has 0 aliphatic heterocycles. The molecule has 336 valence electrons. The molecule has 0 amide bonds. The van der Waals surface area contributed by atoms with Gasteiger partial charge in [0.15, 0.2) is 17.3 Å². The fraction of sp³-hybridized carbons (Fsp3) is 0.556. The van der Waals surface area contributed by atoms with Crippen LogP contribution < -0.4 is 19.8 Å². The van der Waals surface area contributed by atoms with Crippen molar-refractivity contribution in [3.63, 3.8) is 0 Å². The van der Waals surface area contributed by atoms with E-state index in [-0.39, 0.29) is 80.7 Å². The molecular formula is C45H62N2O14. The van der Waals surface area contributed by atoms with Crippen LogP contribution in [0.1, 0.15) is 99.0 Å². The first-order valence-electron chi connectivity index (χ1n) is 20.0. The number of rotatable bonds is 19. The minimum Gasteiger partial charge on any atom is -0.497 e. The SMILES string of the molecule is COc1ccc(C(=O)c2cc3cc(OCCN(CC(=O)OC(C)(C)C)CC(=O)OC(C)(C)C)c(OCCN(CC(=O)OC(C)(C)C)CC(=O)OC(C)(C)C)cc3oc2=O)cc1. The van der Waals surface area contributed by atoms with E-state index in [1.54, 1.807) is 95.2 Å². The molecule has 3 aromatic rings. The molecule has 0 aliphatic rings. The van der Waals surface area contributed by atoms with Gasteiger partial charge in [-0.1, -0.05) is 0 Å². The largest absolute Gasteiger partial charge is 0.497 e. The maximum atomic E-state index is 13.5. The van der Waals surface area contributed by atoms with Crippen LogP contribution in [0.4, 0.5) is 0 Å². The lowest BCUT2D eigenvalue weighted by Crippen LogP contribution is -2.41. The van der Waals surface area contributed by atoms with E-state index in [0.717, 1.165) is 0 Å². The second-order valence-corrected chi connectivity index (χ2v) is 18.3. The third-order valence-corrected chi connectivity index (χ3v) is 7.82. The zero-order valence-corrected chi connectivity index (χ0v) is 37.8.